The topological polar surface area (TPSA) is 78.5 Å². The number of nitrogens with one attached hydrogen (secondary N) is 2. The normalized spacial score (nSPS) is 18.7. The molecule has 1 aliphatic rings. The van der Waals surface area contributed by atoms with Crippen LogP contribution in [0.15, 0.2) is 18.2 Å². The van der Waals surface area contributed by atoms with E-state index >= 15 is 0 Å². The number of hydrogen-bond acceptors (Lipinski definition) is 4. The van der Waals surface area contributed by atoms with Crippen LogP contribution in [0.25, 0.3) is 0 Å². The van der Waals surface area contributed by atoms with Crippen molar-refractivity contribution in [3.05, 3.63) is 29.3 Å². The van der Waals surface area contributed by atoms with Gasteiger partial charge in [0.1, 0.15) is 0 Å². The van der Waals surface area contributed by atoms with Gasteiger partial charge in [-0.2, -0.15) is 0 Å². The first-order chi connectivity index (χ1) is 10.7. The van der Waals surface area contributed by atoms with Crippen molar-refractivity contribution < 1.29 is 13.2 Å². The van der Waals surface area contributed by atoms with Crippen molar-refractivity contribution in [3.8, 4) is 0 Å². The van der Waals surface area contributed by atoms with E-state index in [0.29, 0.717) is 13.1 Å². The number of piperidine rings is 1. The van der Waals surface area contributed by atoms with Crippen molar-refractivity contribution in [1.29, 1.82) is 0 Å². The Balaban J connectivity index is 1.92. The molecule has 2 rings (SSSR count). The zero-order valence-corrected chi connectivity index (χ0v) is 14.7. The highest BCUT2D eigenvalue weighted by Gasteiger charge is 2.24. The third-order valence-corrected chi connectivity index (χ3v) is 4.81. The van der Waals surface area contributed by atoms with Gasteiger partial charge < -0.3 is 10.2 Å². The highest BCUT2D eigenvalue weighted by molar-refractivity contribution is 7.88. The number of sulfonamides is 1. The second-order valence-corrected chi connectivity index (χ2v) is 8.05. The SMILES string of the molecule is Cc1ccc(N[C@H]2CCCN(C(=O)CNS(C)(=O)=O)C2)cc1C. The van der Waals surface area contributed by atoms with E-state index in [9.17, 15) is 13.2 Å². The maximum absolute atomic E-state index is 12.1. The number of hydrogen-bond donors (Lipinski definition) is 2. The van der Waals surface area contributed by atoms with Crippen molar-refractivity contribution in [1.82, 2.24) is 9.62 Å². The molecular formula is C16H25N3O3S. The smallest absolute Gasteiger partial charge is 0.237 e. The predicted molar refractivity (Wildman–Crippen MR) is 92.0 cm³/mol. The summed E-state index contributed by atoms with van der Waals surface area (Å²) in [5.74, 6) is -0.179. The van der Waals surface area contributed by atoms with E-state index < -0.39 is 10.0 Å². The fourth-order valence-corrected chi connectivity index (χ4v) is 3.08. The second kappa shape index (κ2) is 7.31. The van der Waals surface area contributed by atoms with Crippen LogP contribution in [0.1, 0.15) is 24.0 Å². The van der Waals surface area contributed by atoms with Gasteiger partial charge in [0.25, 0.3) is 0 Å². The molecule has 7 heteroatoms. The van der Waals surface area contributed by atoms with Crippen molar-refractivity contribution in [2.75, 3.05) is 31.2 Å². The van der Waals surface area contributed by atoms with E-state index in [1.165, 1.54) is 11.1 Å². The zero-order valence-electron chi connectivity index (χ0n) is 13.9. The van der Waals surface area contributed by atoms with Gasteiger partial charge in [-0.05, 0) is 49.9 Å². The molecule has 1 atom stereocenters. The Morgan fingerprint density at radius 3 is 2.70 bits per heavy atom. The molecule has 1 saturated heterocycles. The molecule has 1 fully saturated rings. The van der Waals surface area contributed by atoms with Crippen LogP contribution < -0.4 is 10.0 Å². The minimum Gasteiger partial charge on any atom is -0.381 e. The maximum Gasteiger partial charge on any atom is 0.237 e. The number of nitrogens with zero attached hydrogens (tertiary/aromatic N) is 1. The molecule has 0 unspecified atom stereocenters. The van der Waals surface area contributed by atoms with Crippen LogP contribution in [-0.4, -0.2) is 51.2 Å². The van der Waals surface area contributed by atoms with Crippen LogP contribution in [0.2, 0.25) is 0 Å². The minimum absolute atomic E-state index is 0.171. The fraction of sp³-hybridized carbons (Fsp3) is 0.562. The average Bonchev–Trinajstić information content (AvgIpc) is 2.48. The van der Waals surface area contributed by atoms with E-state index in [-0.39, 0.29) is 18.5 Å². The van der Waals surface area contributed by atoms with Gasteiger partial charge in [-0.1, -0.05) is 6.07 Å². The van der Waals surface area contributed by atoms with E-state index in [0.717, 1.165) is 24.8 Å². The molecular weight excluding hydrogens is 314 g/mol. The molecule has 0 aliphatic carbocycles. The summed E-state index contributed by atoms with van der Waals surface area (Å²) < 4.78 is 24.4. The Morgan fingerprint density at radius 1 is 1.30 bits per heavy atom. The van der Waals surface area contributed by atoms with Crippen molar-refractivity contribution in [2.24, 2.45) is 0 Å². The summed E-state index contributed by atoms with van der Waals surface area (Å²) in [6.45, 7) is 5.25. The number of likely N-dealkylation sites (tertiary alicyclic amines) is 1. The lowest BCUT2D eigenvalue weighted by atomic mass is 10.0. The van der Waals surface area contributed by atoms with Gasteiger partial charge in [0.05, 0.1) is 12.8 Å². The maximum atomic E-state index is 12.1. The van der Waals surface area contributed by atoms with Crippen LogP contribution in [0.3, 0.4) is 0 Å². The van der Waals surface area contributed by atoms with Gasteiger partial charge in [0.2, 0.25) is 15.9 Å². The van der Waals surface area contributed by atoms with Gasteiger partial charge in [0.15, 0.2) is 0 Å². The predicted octanol–water partition coefficient (Wildman–Crippen LogP) is 1.26. The number of anilines is 1. The molecule has 1 aromatic rings. The van der Waals surface area contributed by atoms with Gasteiger partial charge >= 0.3 is 0 Å². The second-order valence-electron chi connectivity index (χ2n) is 6.22. The third-order valence-electron chi connectivity index (χ3n) is 4.14. The first kappa shape index (κ1) is 17.7. The molecule has 1 heterocycles. The monoisotopic (exact) mass is 339 g/mol. The number of carbonyl (C=O) groups is 1. The first-order valence-electron chi connectivity index (χ1n) is 7.81. The first-order valence-corrected chi connectivity index (χ1v) is 9.70. The Hall–Kier alpha value is -1.60. The molecule has 128 valence electrons. The number of carbonyl (C=O) groups excluding carboxylic acids is 1. The lowest BCUT2D eigenvalue weighted by Gasteiger charge is -2.34. The van der Waals surface area contributed by atoms with Crippen LogP contribution in [0.4, 0.5) is 5.69 Å². The lowest BCUT2D eigenvalue weighted by molar-refractivity contribution is -0.130. The summed E-state index contributed by atoms with van der Waals surface area (Å²) in [4.78, 5) is 13.8. The molecule has 23 heavy (non-hydrogen) atoms. The molecule has 1 aliphatic heterocycles. The van der Waals surface area contributed by atoms with Crippen LogP contribution >= 0.6 is 0 Å². The average molecular weight is 339 g/mol. The Kier molecular flexibility index (Phi) is 5.64. The number of benzene rings is 1. The quantitative estimate of drug-likeness (QED) is 0.846. The summed E-state index contributed by atoms with van der Waals surface area (Å²) in [5.41, 5.74) is 3.54. The molecule has 0 radical (unpaired) electrons. The lowest BCUT2D eigenvalue weighted by Crippen LogP contribution is -2.48. The fourth-order valence-electron chi connectivity index (χ4n) is 2.69. The van der Waals surface area contributed by atoms with Crippen LogP contribution in [0, 0.1) is 13.8 Å². The zero-order chi connectivity index (χ0) is 17.0. The number of aryl methyl sites for hydroxylation is 2. The standard InChI is InChI=1S/C16H25N3O3S/c1-12-6-7-14(9-13(12)2)18-15-5-4-8-19(11-15)16(20)10-17-23(3,21)22/h6-7,9,15,17-18H,4-5,8,10-11H2,1-3H3/t15-/m0/s1. The molecule has 6 nitrogen and oxygen atoms in total. The number of rotatable bonds is 5. The molecule has 1 amide bonds. The summed E-state index contributed by atoms with van der Waals surface area (Å²) in [7, 11) is -3.34. The highest BCUT2D eigenvalue weighted by atomic mass is 32.2. The van der Waals surface area contributed by atoms with Gasteiger partial charge in [0, 0.05) is 24.8 Å². The highest BCUT2D eigenvalue weighted by Crippen LogP contribution is 2.19. The summed E-state index contributed by atoms with van der Waals surface area (Å²) in [6, 6.07) is 6.43. The molecule has 2 N–H and O–H groups in total. The summed E-state index contributed by atoms with van der Waals surface area (Å²) >= 11 is 0. The van der Waals surface area contributed by atoms with Crippen LogP contribution in [-0.2, 0) is 14.8 Å². The summed E-state index contributed by atoms with van der Waals surface area (Å²) in [5, 5.41) is 3.47. The van der Waals surface area contributed by atoms with E-state index in [4.69, 9.17) is 0 Å². The third kappa shape index (κ3) is 5.51. The molecule has 0 bridgehead atoms. The molecule has 0 saturated carbocycles. The van der Waals surface area contributed by atoms with Crippen molar-refractivity contribution >= 4 is 21.6 Å². The van der Waals surface area contributed by atoms with Crippen molar-refractivity contribution in [2.45, 2.75) is 32.7 Å². The van der Waals surface area contributed by atoms with E-state index in [2.05, 4.69) is 36.0 Å². The molecule has 0 spiro atoms. The van der Waals surface area contributed by atoms with Gasteiger partial charge in [-0.25, -0.2) is 13.1 Å². The Bertz CT molecular complexity index is 673. The van der Waals surface area contributed by atoms with Crippen molar-refractivity contribution in [3.63, 3.8) is 0 Å². The van der Waals surface area contributed by atoms with Gasteiger partial charge in [-0.3, -0.25) is 4.79 Å². The van der Waals surface area contributed by atoms with E-state index in [1.807, 2.05) is 6.07 Å². The van der Waals surface area contributed by atoms with Crippen LogP contribution in [0.5, 0.6) is 0 Å². The number of amides is 1. The minimum atomic E-state index is -3.34. The Morgan fingerprint density at radius 2 is 2.04 bits per heavy atom. The molecule has 0 aromatic heterocycles. The largest absolute Gasteiger partial charge is 0.381 e. The van der Waals surface area contributed by atoms with E-state index in [1.54, 1.807) is 4.90 Å². The summed E-state index contributed by atoms with van der Waals surface area (Å²) in [6.07, 6.45) is 2.96. The van der Waals surface area contributed by atoms with Gasteiger partial charge in [-0.15, -0.1) is 0 Å². The molecule has 1 aromatic carbocycles. The Labute approximate surface area is 138 Å².